The predicted molar refractivity (Wildman–Crippen MR) is 136 cm³/mol. The van der Waals surface area contributed by atoms with E-state index in [1.165, 1.54) is 35.3 Å². The van der Waals surface area contributed by atoms with Crippen LogP contribution in [0.15, 0.2) is 47.4 Å². The average Bonchev–Trinajstić information content (AvgIpc) is 2.97. The van der Waals surface area contributed by atoms with Gasteiger partial charge >= 0.3 is 0 Å². The molecule has 0 saturated heterocycles. The zero-order valence-corrected chi connectivity index (χ0v) is 21.1. The molecular weight excluding hydrogens is 439 g/mol. The Morgan fingerprint density at radius 1 is 1.22 bits per heavy atom. The molecular formula is C25H37N2O3PS. The second-order valence-corrected chi connectivity index (χ2v) is 10.7. The van der Waals surface area contributed by atoms with E-state index in [1.807, 2.05) is 11.8 Å². The van der Waals surface area contributed by atoms with Gasteiger partial charge < -0.3 is 19.8 Å². The largest absolute Gasteiger partial charge is 0.496 e. The molecule has 0 amide bonds. The van der Waals surface area contributed by atoms with Crippen molar-refractivity contribution in [1.29, 1.82) is 0 Å². The SMILES string of the molecule is CCCC[C@]1(CC)CSc2cc(CNCCP(O)O)c(OC)cc2[C@@H](c2ccccc2)N1. The molecule has 2 aromatic rings. The van der Waals surface area contributed by atoms with Crippen molar-refractivity contribution in [3.05, 3.63) is 59.2 Å². The highest BCUT2D eigenvalue weighted by Crippen LogP contribution is 2.43. The van der Waals surface area contributed by atoms with Crippen molar-refractivity contribution >= 4 is 20.1 Å². The minimum atomic E-state index is -1.86. The van der Waals surface area contributed by atoms with E-state index in [1.54, 1.807) is 7.11 Å². The number of thioether (sulfide) groups is 1. The first-order valence-corrected chi connectivity index (χ1v) is 14.0. The van der Waals surface area contributed by atoms with Crippen LogP contribution in [-0.2, 0) is 6.54 Å². The van der Waals surface area contributed by atoms with Gasteiger partial charge in [-0.2, -0.15) is 0 Å². The number of hydrogen-bond donors (Lipinski definition) is 4. The fraction of sp³-hybridized carbons (Fsp3) is 0.520. The van der Waals surface area contributed by atoms with E-state index in [4.69, 9.17) is 14.5 Å². The first kappa shape index (κ1) is 25.5. The maximum Gasteiger partial charge on any atom is 0.166 e. The van der Waals surface area contributed by atoms with Crippen molar-refractivity contribution in [3.63, 3.8) is 0 Å². The number of methoxy groups -OCH3 is 1. The Kier molecular flexibility index (Phi) is 9.84. The molecule has 0 fully saturated rings. The highest BCUT2D eigenvalue weighted by Gasteiger charge is 2.36. The Hall–Kier alpha value is -1.14. The molecule has 1 aliphatic rings. The van der Waals surface area contributed by atoms with Crippen LogP contribution in [0.25, 0.3) is 0 Å². The Labute approximate surface area is 198 Å². The normalized spacial score (nSPS) is 20.8. The molecule has 0 aliphatic carbocycles. The van der Waals surface area contributed by atoms with Crippen LogP contribution in [0.5, 0.6) is 5.75 Å². The quantitative estimate of drug-likeness (QED) is 0.264. The molecule has 5 nitrogen and oxygen atoms in total. The maximum absolute atomic E-state index is 9.16. The summed E-state index contributed by atoms with van der Waals surface area (Å²) in [5.74, 6) is 1.91. The minimum Gasteiger partial charge on any atom is -0.496 e. The molecule has 1 aliphatic heterocycles. The fourth-order valence-corrected chi connectivity index (χ4v) is 6.08. The zero-order valence-electron chi connectivity index (χ0n) is 19.4. The minimum absolute atomic E-state index is 0.0886. The van der Waals surface area contributed by atoms with Gasteiger partial charge in [0.25, 0.3) is 0 Å². The second kappa shape index (κ2) is 12.4. The number of rotatable bonds is 11. The summed E-state index contributed by atoms with van der Waals surface area (Å²) < 4.78 is 5.79. The zero-order chi connectivity index (χ0) is 23.0. The topological polar surface area (TPSA) is 73.8 Å². The van der Waals surface area contributed by atoms with Crippen LogP contribution < -0.4 is 15.4 Å². The molecule has 2 aromatic carbocycles. The molecule has 0 saturated carbocycles. The number of nitrogens with one attached hydrogen (secondary N) is 2. The van der Waals surface area contributed by atoms with Crippen LogP contribution in [0.4, 0.5) is 0 Å². The van der Waals surface area contributed by atoms with Gasteiger partial charge in [0.1, 0.15) is 5.75 Å². The first-order chi connectivity index (χ1) is 15.5. The first-order valence-electron chi connectivity index (χ1n) is 11.5. The van der Waals surface area contributed by atoms with Crippen molar-refractivity contribution in [1.82, 2.24) is 10.6 Å². The van der Waals surface area contributed by atoms with Crippen molar-refractivity contribution in [2.45, 2.75) is 62.6 Å². The number of ether oxygens (including phenoxy) is 1. The van der Waals surface area contributed by atoms with Gasteiger partial charge in [-0.1, -0.05) is 57.0 Å². The third kappa shape index (κ3) is 6.47. The van der Waals surface area contributed by atoms with E-state index in [9.17, 15) is 0 Å². The molecule has 176 valence electrons. The van der Waals surface area contributed by atoms with Crippen LogP contribution in [0.2, 0.25) is 0 Å². The lowest BCUT2D eigenvalue weighted by atomic mass is 9.88. The molecule has 7 heteroatoms. The fourth-order valence-electron chi connectivity index (χ4n) is 4.29. The van der Waals surface area contributed by atoms with Crippen LogP contribution in [0, 0.1) is 0 Å². The molecule has 32 heavy (non-hydrogen) atoms. The third-order valence-electron chi connectivity index (χ3n) is 6.30. The molecule has 2 atom stereocenters. The Balaban J connectivity index is 1.97. The molecule has 0 unspecified atom stereocenters. The van der Waals surface area contributed by atoms with Crippen LogP contribution in [0.1, 0.15) is 62.3 Å². The number of benzene rings is 2. The monoisotopic (exact) mass is 476 g/mol. The summed E-state index contributed by atoms with van der Waals surface area (Å²) in [7, 11) is -0.139. The number of unbranched alkanes of at least 4 members (excludes halogenated alkanes) is 1. The van der Waals surface area contributed by atoms with Crippen LogP contribution >= 0.6 is 20.1 Å². The maximum atomic E-state index is 9.16. The van der Waals surface area contributed by atoms with Gasteiger partial charge in [0, 0.05) is 41.0 Å². The van der Waals surface area contributed by atoms with E-state index < -0.39 is 8.38 Å². The van der Waals surface area contributed by atoms with E-state index in [2.05, 4.69) is 66.9 Å². The van der Waals surface area contributed by atoms with E-state index in [0.29, 0.717) is 19.3 Å². The highest BCUT2D eigenvalue weighted by atomic mass is 32.2. The molecule has 0 bridgehead atoms. The van der Waals surface area contributed by atoms with Crippen molar-refractivity contribution in [2.24, 2.45) is 0 Å². The van der Waals surface area contributed by atoms with Gasteiger partial charge in [-0.25, -0.2) is 0 Å². The van der Waals surface area contributed by atoms with E-state index >= 15 is 0 Å². The van der Waals surface area contributed by atoms with Gasteiger partial charge in [0.05, 0.1) is 13.2 Å². The van der Waals surface area contributed by atoms with Crippen LogP contribution in [0.3, 0.4) is 0 Å². The summed E-state index contributed by atoms with van der Waals surface area (Å²) in [6, 6.07) is 15.3. The lowest BCUT2D eigenvalue weighted by Crippen LogP contribution is -2.48. The smallest absolute Gasteiger partial charge is 0.166 e. The van der Waals surface area contributed by atoms with Crippen molar-refractivity contribution in [2.75, 3.05) is 25.6 Å². The Morgan fingerprint density at radius 3 is 2.66 bits per heavy atom. The summed E-state index contributed by atoms with van der Waals surface area (Å²) >= 11 is 1.94. The molecule has 0 spiro atoms. The van der Waals surface area contributed by atoms with E-state index in [-0.39, 0.29) is 11.6 Å². The van der Waals surface area contributed by atoms with Crippen molar-refractivity contribution in [3.8, 4) is 5.75 Å². The lowest BCUT2D eigenvalue weighted by molar-refractivity contribution is 0.297. The standard InChI is InChI=1S/C25H37N2O3PS/c1-4-6-12-25(5-2)18-32-23-15-20(17-26-13-14-31(28)29)22(30-3)16-21(23)24(27-25)19-10-8-7-9-11-19/h7-11,15-16,24,26-29H,4-6,12-14,17-18H2,1-3H3/t24-,25-/m1/s1. The van der Waals surface area contributed by atoms with Gasteiger partial charge in [0.2, 0.25) is 0 Å². The summed E-state index contributed by atoms with van der Waals surface area (Å²) in [6.45, 7) is 5.76. The summed E-state index contributed by atoms with van der Waals surface area (Å²) in [5.41, 5.74) is 3.73. The van der Waals surface area contributed by atoms with Crippen molar-refractivity contribution < 1.29 is 14.5 Å². The van der Waals surface area contributed by atoms with Gasteiger partial charge in [-0.05, 0) is 36.1 Å². The highest BCUT2D eigenvalue weighted by molar-refractivity contribution is 7.99. The molecule has 0 radical (unpaired) electrons. The van der Waals surface area contributed by atoms with Gasteiger partial charge in [-0.3, -0.25) is 5.32 Å². The average molecular weight is 477 g/mol. The summed E-state index contributed by atoms with van der Waals surface area (Å²) in [6.07, 6.45) is 5.05. The second-order valence-electron chi connectivity index (χ2n) is 8.49. The number of hydrogen-bond acceptors (Lipinski definition) is 6. The Bertz CT molecular complexity index is 853. The number of fused-ring (bicyclic) bond motifs is 1. The molecule has 3 rings (SSSR count). The van der Waals surface area contributed by atoms with Crippen LogP contribution in [-0.4, -0.2) is 40.9 Å². The molecule has 0 aromatic heterocycles. The molecule has 4 N–H and O–H groups in total. The predicted octanol–water partition coefficient (Wildman–Crippen LogP) is 5.21. The third-order valence-corrected chi connectivity index (χ3v) is 8.29. The lowest BCUT2D eigenvalue weighted by Gasteiger charge is -2.36. The van der Waals surface area contributed by atoms with E-state index in [0.717, 1.165) is 23.5 Å². The summed E-state index contributed by atoms with van der Waals surface area (Å²) in [5, 5.41) is 7.40. The Morgan fingerprint density at radius 2 is 2.00 bits per heavy atom. The summed E-state index contributed by atoms with van der Waals surface area (Å²) in [4.78, 5) is 19.6. The molecule has 1 heterocycles. The van der Waals surface area contributed by atoms with Gasteiger partial charge in [0.15, 0.2) is 8.38 Å². The van der Waals surface area contributed by atoms with Gasteiger partial charge in [-0.15, -0.1) is 11.8 Å².